The van der Waals surface area contributed by atoms with Gasteiger partial charge in [-0.15, -0.1) is 0 Å². The highest BCUT2D eigenvalue weighted by Gasteiger charge is 2.51. The molecular weight excluding hydrogens is 847 g/mol. The zero-order valence-electron chi connectivity index (χ0n) is 38.3. The number of para-hydroxylation sites is 3. The molecule has 1 heterocycles. The SMILES string of the molecule is c1ccc(N(c2ccc(-c3cccc4c3-c3ccccc3C4(c3ccccc3)c3ccccc3)cc2)c2cccc(-c3cccc4c3Oc3ccccc3C43c4ccccc4-c4ccccc43)c2)cc1. The van der Waals surface area contributed by atoms with Gasteiger partial charge in [-0.2, -0.15) is 0 Å². The predicted octanol–water partition coefficient (Wildman–Crippen LogP) is 17.3. The number of fused-ring (bicyclic) bond motifs is 12. The monoisotopic (exact) mass is 891 g/mol. The number of nitrogens with zero attached hydrogens (tertiary/aromatic N) is 1. The molecule has 11 aromatic carbocycles. The maximum absolute atomic E-state index is 7.11. The van der Waals surface area contributed by atoms with Gasteiger partial charge in [0.05, 0.1) is 10.8 Å². The van der Waals surface area contributed by atoms with Gasteiger partial charge in [-0.25, -0.2) is 0 Å². The third-order valence-electron chi connectivity index (χ3n) is 15.2. The highest BCUT2D eigenvalue weighted by molar-refractivity contribution is 5.96. The van der Waals surface area contributed by atoms with Crippen molar-refractivity contribution in [3.05, 3.63) is 317 Å². The molecule has 1 aliphatic heterocycles. The fourth-order valence-corrected chi connectivity index (χ4v) is 12.5. The van der Waals surface area contributed by atoms with Crippen molar-refractivity contribution in [2.45, 2.75) is 10.8 Å². The van der Waals surface area contributed by atoms with Gasteiger partial charge in [0.2, 0.25) is 0 Å². The summed E-state index contributed by atoms with van der Waals surface area (Å²) in [6.45, 7) is 0. The van der Waals surface area contributed by atoms with Crippen LogP contribution in [0.4, 0.5) is 17.1 Å². The van der Waals surface area contributed by atoms with E-state index in [1.165, 1.54) is 72.3 Å². The molecule has 1 spiro atoms. The summed E-state index contributed by atoms with van der Waals surface area (Å²) in [4.78, 5) is 2.37. The Hall–Kier alpha value is -8.98. The number of hydrogen-bond acceptors (Lipinski definition) is 2. The molecule has 3 aliphatic rings. The molecule has 2 aliphatic carbocycles. The molecule has 0 saturated heterocycles. The van der Waals surface area contributed by atoms with Crippen LogP contribution in [-0.2, 0) is 10.8 Å². The van der Waals surface area contributed by atoms with E-state index < -0.39 is 10.8 Å². The van der Waals surface area contributed by atoms with E-state index >= 15 is 0 Å². The molecule has 14 rings (SSSR count). The van der Waals surface area contributed by atoms with Gasteiger partial charge in [0.25, 0.3) is 0 Å². The third-order valence-corrected chi connectivity index (χ3v) is 15.2. The molecule has 2 heteroatoms. The van der Waals surface area contributed by atoms with E-state index in [1.54, 1.807) is 0 Å². The molecule has 0 fully saturated rings. The second-order valence-corrected chi connectivity index (χ2v) is 18.6. The van der Waals surface area contributed by atoms with Crippen molar-refractivity contribution in [1.29, 1.82) is 0 Å². The molecule has 0 saturated carbocycles. The normalized spacial score (nSPS) is 13.8. The van der Waals surface area contributed by atoms with Crippen LogP contribution in [0.1, 0.15) is 44.5 Å². The van der Waals surface area contributed by atoms with Gasteiger partial charge < -0.3 is 9.64 Å². The van der Waals surface area contributed by atoms with E-state index in [-0.39, 0.29) is 0 Å². The highest BCUT2D eigenvalue weighted by Crippen LogP contribution is 2.63. The van der Waals surface area contributed by atoms with Crippen LogP contribution in [0.2, 0.25) is 0 Å². The summed E-state index contributed by atoms with van der Waals surface area (Å²) < 4.78 is 7.11. The lowest BCUT2D eigenvalue weighted by molar-refractivity contribution is 0.438. The maximum atomic E-state index is 7.11. The number of benzene rings is 11. The highest BCUT2D eigenvalue weighted by atomic mass is 16.5. The second-order valence-electron chi connectivity index (χ2n) is 18.6. The van der Waals surface area contributed by atoms with Gasteiger partial charge in [-0.1, -0.05) is 231 Å². The summed E-state index contributed by atoms with van der Waals surface area (Å²) in [5, 5.41) is 0. The molecular formula is C68H45NO. The van der Waals surface area contributed by atoms with Crippen LogP contribution < -0.4 is 9.64 Å². The topological polar surface area (TPSA) is 12.5 Å². The second kappa shape index (κ2) is 15.8. The average molecular weight is 892 g/mol. The minimum Gasteiger partial charge on any atom is -0.456 e. The van der Waals surface area contributed by atoms with Crippen LogP contribution in [-0.4, -0.2) is 0 Å². The Bertz CT molecular complexity index is 3720. The van der Waals surface area contributed by atoms with Crippen LogP contribution in [0.15, 0.2) is 273 Å². The van der Waals surface area contributed by atoms with Crippen molar-refractivity contribution >= 4 is 17.1 Å². The van der Waals surface area contributed by atoms with Gasteiger partial charge in [0.1, 0.15) is 11.5 Å². The largest absolute Gasteiger partial charge is 0.456 e. The number of ether oxygens (including phenoxy) is 1. The summed E-state index contributed by atoms with van der Waals surface area (Å²) in [6.07, 6.45) is 0. The Balaban J connectivity index is 0.898. The third kappa shape index (κ3) is 5.68. The van der Waals surface area contributed by atoms with E-state index in [2.05, 4.69) is 278 Å². The lowest BCUT2D eigenvalue weighted by Crippen LogP contribution is -2.32. The Morgan fingerprint density at radius 3 is 1.39 bits per heavy atom. The summed E-state index contributed by atoms with van der Waals surface area (Å²) in [5.41, 5.74) is 21.9. The smallest absolute Gasteiger partial charge is 0.140 e. The van der Waals surface area contributed by atoms with E-state index in [9.17, 15) is 0 Å². The molecule has 0 unspecified atom stereocenters. The van der Waals surface area contributed by atoms with Crippen molar-refractivity contribution in [3.8, 4) is 56.0 Å². The predicted molar refractivity (Wildman–Crippen MR) is 287 cm³/mol. The first-order valence-corrected chi connectivity index (χ1v) is 24.3. The van der Waals surface area contributed by atoms with E-state index in [0.717, 1.165) is 45.3 Å². The Kier molecular flexibility index (Phi) is 9.06. The molecule has 0 amide bonds. The first-order chi connectivity index (χ1) is 34.7. The Morgan fingerprint density at radius 2 is 0.729 bits per heavy atom. The molecule has 0 aromatic heterocycles. The van der Waals surface area contributed by atoms with Crippen LogP contribution in [0.3, 0.4) is 0 Å². The van der Waals surface area contributed by atoms with Crippen molar-refractivity contribution < 1.29 is 4.74 Å². The van der Waals surface area contributed by atoms with E-state index in [4.69, 9.17) is 4.74 Å². The lowest BCUT2D eigenvalue weighted by Gasteiger charge is -2.40. The first kappa shape index (κ1) is 40.1. The van der Waals surface area contributed by atoms with Crippen LogP contribution in [0.5, 0.6) is 11.5 Å². The van der Waals surface area contributed by atoms with Crippen molar-refractivity contribution in [2.24, 2.45) is 0 Å². The fourth-order valence-electron chi connectivity index (χ4n) is 12.5. The van der Waals surface area contributed by atoms with Gasteiger partial charge >= 0.3 is 0 Å². The van der Waals surface area contributed by atoms with Crippen LogP contribution >= 0.6 is 0 Å². The minimum atomic E-state index is -0.533. The summed E-state index contributed by atoms with van der Waals surface area (Å²) >= 11 is 0. The van der Waals surface area contributed by atoms with Gasteiger partial charge in [-0.05, 0) is 115 Å². The molecule has 0 N–H and O–H groups in total. The quantitative estimate of drug-likeness (QED) is 0.158. The van der Waals surface area contributed by atoms with Crippen LogP contribution in [0.25, 0.3) is 44.5 Å². The first-order valence-electron chi connectivity index (χ1n) is 24.3. The number of hydrogen-bond donors (Lipinski definition) is 0. The van der Waals surface area contributed by atoms with Gasteiger partial charge in [0, 0.05) is 33.8 Å². The van der Waals surface area contributed by atoms with E-state index in [0.29, 0.717) is 0 Å². The number of rotatable bonds is 7. The molecule has 11 aromatic rings. The molecule has 2 nitrogen and oxygen atoms in total. The molecule has 70 heavy (non-hydrogen) atoms. The molecule has 0 radical (unpaired) electrons. The van der Waals surface area contributed by atoms with Crippen molar-refractivity contribution in [2.75, 3.05) is 4.90 Å². The zero-order valence-corrected chi connectivity index (χ0v) is 38.3. The van der Waals surface area contributed by atoms with Crippen molar-refractivity contribution in [1.82, 2.24) is 0 Å². The Labute approximate surface area is 409 Å². The van der Waals surface area contributed by atoms with Gasteiger partial charge in [0.15, 0.2) is 0 Å². The summed E-state index contributed by atoms with van der Waals surface area (Å²) in [7, 11) is 0. The molecule has 328 valence electrons. The lowest BCUT2D eigenvalue weighted by atomic mass is 9.65. The minimum absolute atomic E-state index is 0.460. The molecule has 0 atom stereocenters. The summed E-state index contributed by atoms with van der Waals surface area (Å²) in [6, 6.07) is 99.9. The molecule has 0 bridgehead atoms. The average Bonchev–Trinajstić information content (AvgIpc) is 3.91. The fraction of sp³-hybridized carbons (Fsp3) is 0.0294. The van der Waals surface area contributed by atoms with E-state index in [1.807, 2.05) is 0 Å². The standard InChI is InChI=1S/C68H45NO/c1-4-22-48(23-5-1)67(49-24-6-2-7-25-49)60-36-15-12-31-57(60)65-53(32-19-38-62(65)67)46-41-43-51(44-42-46)69(50-26-8-3-9-27-50)52-28-18-21-47(45-52)54-33-20-39-63-66(54)70-64-40-17-16-37-61(64)68(63)58-34-13-10-29-55(58)56-30-11-14-35-59(56)68/h1-45H. The maximum Gasteiger partial charge on any atom is 0.140 e. The zero-order chi connectivity index (χ0) is 46.2. The van der Waals surface area contributed by atoms with Gasteiger partial charge in [-0.3, -0.25) is 0 Å². The number of anilines is 3. The Morgan fingerprint density at radius 1 is 0.271 bits per heavy atom. The van der Waals surface area contributed by atoms with Crippen molar-refractivity contribution in [3.63, 3.8) is 0 Å². The summed E-state index contributed by atoms with van der Waals surface area (Å²) in [5.74, 6) is 1.77. The van der Waals surface area contributed by atoms with Crippen LogP contribution in [0, 0.1) is 0 Å².